The van der Waals surface area contributed by atoms with E-state index >= 15 is 0 Å². The third-order valence-corrected chi connectivity index (χ3v) is 5.10. The van der Waals surface area contributed by atoms with Gasteiger partial charge in [0.15, 0.2) is 0 Å². The molecule has 7 heteroatoms. The lowest BCUT2D eigenvalue weighted by molar-refractivity contribution is -0.128. The van der Waals surface area contributed by atoms with E-state index in [-0.39, 0.29) is 12.5 Å². The number of rotatable bonds is 7. The maximum atomic E-state index is 12.5. The van der Waals surface area contributed by atoms with Gasteiger partial charge in [-0.1, -0.05) is 18.2 Å². The Morgan fingerprint density at radius 1 is 1.12 bits per heavy atom. The molecule has 0 aliphatic carbocycles. The molecule has 1 aromatic heterocycles. The Morgan fingerprint density at radius 3 is 2.36 bits per heavy atom. The number of aromatic nitrogens is 1. The molecule has 6 nitrogen and oxygen atoms in total. The van der Waals surface area contributed by atoms with Gasteiger partial charge in [0, 0.05) is 26.0 Å². The number of nitrogens with zero attached hydrogens (tertiary/aromatic N) is 3. The molecule has 0 bridgehead atoms. The van der Waals surface area contributed by atoms with Crippen molar-refractivity contribution < 1.29 is 13.2 Å². The highest BCUT2D eigenvalue weighted by Gasteiger charge is 2.23. The summed E-state index contributed by atoms with van der Waals surface area (Å²) in [7, 11) is -1.88. The lowest BCUT2D eigenvalue weighted by Gasteiger charge is -2.26. The van der Waals surface area contributed by atoms with Crippen LogP contribution in [0.1, 0.15) is 11.1 Å². The molecular formula is C18H23N3O3S. The number of amides is 1. The molecule has 2 aromatic rings. The molecule has 0 aliphatic heterocycles. The summed E-state index contributed by atoms with van der Waals surface area (Å²) in [6, 6.07) is 10.9. The van der Waals surface area contributed by atoms with Crippen molar-refractivity contribution >= 4 is 21.6 Å². The summed E-state index contributed by atoms with van der Waals surface area (Å²) in [6.07, 6.45) is 5.22. The predicted molar refractivity (Wildman–Crippen MR) is 98.9 cm³/mol. The van der Waals surface area contributed by atoms with Gasteiger partial charge < -0.3 is 4.90 Å². The molecule has 0 saturated heterocycles. The van der Waals surface area contributed by atoms with E-state index in [4.69, 9.17) is 0 Å². The Balaban J connectivity index is 2.08. The first kappa shape index (κ1) is 18.9. The molecule has 2 rings (SSSR count). The molecule has 0 saturated carbocycles. The fourth-order valence-corrected chi connectivity index (χ4v) is 3.35. The van der Waals surface area contributed by atoms with E-state index in [0.717, 1.165) is 21.7 Å². The molecule has 0 fully saturated rings. The average molecular weight is 361 g/mol. The van der Waals surface area contributed by atoms with Gasteiger partial charge in [-0.15, -0.1) is 0 Å². The van der Waals surface area contributed by atoms with Crippen LogP contribution in [0.5, 0.6) is 0 Å². The van der Waals surface area contributed by atoms with Gasteiger partial charge in [0.05, 0.1) is 11.9 Å². The molecule has 1 amide bonds. The van der Waals surface area contributed by atoms with Crippen LogP contribution in [0.2, 0.25) is 0 Å². The molecular weight excluding hydrogens is 338 g/mol. The minimum Gasteiger partial charge on any atom is -0.344 e. The van der Waals surface area contributed by atoms with Crippen LogP contribution in [0.4, 0.5) is 5.69 Å². The predicted octanol–water partition coefficient (Wildman–Crippen LogP) is 1.86. The van der Waals surface area contributed by atoms with Gasteiger partial charge >= 0.3 is 0 Å². The smallest absolute Gasteiger partial charge is 0.243 e. The molecule has 0 radical (unpaired) electrons. The number of hydrogen-bond donors (Lipinski definition) is 0. The normalized spacial score (nSPS) is 11.2. The molecule has 0 N–H and O–H groups in total. The van der Waals surface area contributed by atoms with Crippen LogP contribution < -0.4 is 4.31 Å². The summed E-state index contributed by atoms with van der Waals surface area (Å²) < 4.78 is 25.5. The topological polar surface area (TPSA) is 70.6 Å². The van der Waals surface area contributed by atoms with E-state index in [1.54, 1.807) is 36.5 Å². The first-order valence-corrected chi connectivity index (χ1v) is 9.80. The SMILES string of the molecule is Cc1ccccc1N(CC(=O)N(C)CCc1ccncc1)S(C)(=O)=O. The van der Waals surface area contributed by atoms with Crippen LogP contribution in [0.3, 0.4) is 0 Å². The van der Waals surface area contributed by atoms with Crippen molar-refractivity contribution in [3.05, 3.63) is 59.9 Å². The zero-order chi connectivity index (χ0) is 18.4. The van der Waals surface area contributed by atoms with Crippen molar-refractivity contribution in [2.75, 3.05) is 30.7 Å². The van der Waals surface area contributed by atoms with E-state index in [9.17, 15) is 13.2 Å². The molecule has 1 aromatic carbocycles. The average Bonchev–Trinajstić information content (AvgIpc) is 2.58. The number of pyridine rings is 1. The van der Waals surface area contributed by atoms with Crippen LogP contribution in [0, 0.1) is 6.92 Å². The zero-order valence-corrected chi connectivity index (χ0v) is 15.5. The molecule has 25 heavy (non-hydrogen) atoms. The summed E-state index contributed by atoms with van der Waals surface area (Å²) in [5, 5.41) is 0. The van der Waals surface area contributed by atoms with Gasteiger partial charge in [-0.2, -0.15) is 0 Å². The molecule has 0 aliphatic rings. The van der Waals surface area contributed by atoms with E-state index in [0.29, 0.717) is 18.7 Å². The number of benzene rings is 1. The highest BCUT2D eigenvalue weighted by atomic mass is 32.2. The van der Waals surface area contributed by atoms with Crippen LogP contribution in [-0.2, 0) is 21.2 Å². The number of carbonyl (C=O) groups is 1. The number of hydrogen-bond acceptors (Lipinski definition) is 4. The number of carbonyl (C=O) groups excluding carboxylic acids is 1. The minimum atomic E-state index is -3.56. The van der Waals surface area contributed by atoms with Crippen molar-refractivity contribution in [3.8, 4) is 0 Å². The Bertz CT molecular complexity index is 822. The van der Waals surface area contributed by atoms with Crippen LogP contribution in [-0.4, -0.2) is 50.6 Å². The number of para-hydroxylation sites is 1. The molecule has 134 valence electrons. The number of anilines is 1. The first-order valence-electron chi connectivity index (χ1n) is 7.95. The highest BCUT2D eigenvalue weighted by molar-refractivity contribution is 7.92. The van der Waals surface area contributed by atoms with Gasteiger partial charge in [0.25, 0.3) is 0 Å². The summed E-state index contributed by atoms with van der Waals surface area (Å²) in [5.74, 6) is -0.247. The summed E-state index contributed by atoms with van der Waals surface area (Å²) in [5.41, 5.74) is 2.41. The van der Waals surface area contributed by atoms with Crippen molar-refractivity contribution in [2.45, 2.75) is 13.3 Å². The highest BCUT2D eigenvalue weighted by Crippen LogP contribution is 2.22. The van der Waals surface area contributed by atoms with Crippen molar-refractivity contribution in [3.63, 3.8) is 0 Å². The monoisotopic (exact) mass is 361 g/mol. The fraction of sp³-hybridized carbons (Fsp3) is 0.333. The lowest BCUT2D eigenvalue weighted by atomic mass is 10.2. The Kier molecular flexibility index (Phi) is 6.14. The lowest BCUT2D eigenvalue weighted by Crippen LogP contribution is -2.42. The van der Waals surface area contributed by atoms with E-state index in [1.165, 1.54) is 0 Å². The van der Waals surface area contributed by atoms with Gasteiger partial charge in [-0.3, -0.25) is 14.1 Å². The molecule has 0 unspecified atom stereocenters. The maximum absolute atomic E-state index is 12.5. The fourth-order valence-electron chi connectivity index (χ4n) is 2.44. The second-order valence-electron chi connectivity index (χ2n) is 5.98. The standard InChI is InChI=1S/C18H23N3O3S/c1-15-6-4-5-7-17(15)21(25(3,23)24)14-18(22)20(2)13-10-16-8-11-19-12-9-16/h4-9,11-12H,10,13-14H2,1-3H3. The van der Waals surface area contributed by atoms with Gasteiger partial charge in [-0.25, -0.2) is 8.42 Å². The molecule has 0 spiro atoms. The van der Waals surface area contributed by atoms with Crippen molar-refractivity contribution in [2.24, 2.45) is 0 Å². The van der Waals surface area contributed by atoms with E-state index in [2.05, 4.69) is 4.98 Å². The first-order chi connectivity index (χ1) is 11.8. The Morgan fingerprint density at radius 2 is 1.76 bits per heavy atom. The summed E-state index contributed by atoms with van der Waals surface area (Å²) in [6.45, 7) is 2.12. The summed E-state index contributed by atoms with van der Waals surface area (Å²) in [4.78, 5) is 18.0. The van der Waals surface area contributed by atoms with Crippen molar-refractivity contribution in [1.82, 2.24) is 9.88 Å². The molecule has 1 heterocycles. The third kappa shape index (κ3) is 5.29. The van der Waals surface area contributed by atoms with Crippen LogP contribution >= 0.6 is 0 Å². The minimum absolute atomic E-state index is 0.212. The Hall–Kier alpha value is -2.41. The van der Waals surface area contributed by atoms with Gasteiger partial charge in [0.1, 0.15) is 6.54 Å². The number of aryl methyl sites for hydroxylation is 1. The van der Waals surface area contributed by atoms with Crippen molar-refractivity contribution in [1.29, 1.82) is 0 Å². The zero-order valence-electron chi connectivity index (χ0n) is 14.7. The number of likely N-dealkylation sites (N-methyl/N-ethyl adjacent to an activating group) is 1. The molecule has 0 atom stereocenters. The van der Waals surface area contributed by atoms with E-state index in [1.807, 2.05) is 31.2 Å². The Labute approximate surface area is 149 Å². The van der Waals surface area contributed by atoms with Gasteiger partial charge in [0.2, 0.25) is 15.9 Å². The second-order valence-corrected chi connectivity index (χ2v) is 7.88. The largest absolute Gasteiger partial charge is 0.344 e. The second kappa shape index (κ2) is 8.11. The quantitative estimate of drug-likeness (QED) is 0.755. The third-order valence-electron chi connectivity index (χ3n) is 3.97. The number of sulfonamides is 1. The van der Waals surface area contributed by atoms with Crippen LogP contribution in [0.15, 0.2) is 48.8 Å². The summed E-state index contributed by atoms with van der Waals surface area (Å²) >= 11 is 0. The van der Waals surface area contributed by atoms with Gasteiger partial charge in [-0.05, 0) is 42.7 Å². The van der Waals surface area contributed by atoms with E-state index < -0.39 is 10.0 Å². The maximum Gasteiger partial charge on any atom is 0.243 e. The van der Waals surface area contributed by atoms with Crippen LogP contribution in [0.25, 0.3) is 0 Å².